The smallest absolute Gasteiger partial charge is 0.256 e. The van der Waals surface area contributed by atoms with Crippen molar-refractivity contribution in [1.29, 1.82) is 0 Å². The largest absolute Gasteiger partial charge is 0.393 e. The quantitative estimate of drug-likeness (QED) is 0.736. The molecule has 126 valence electrons. The van der Waals surface area contributed by atoms with E-state index in [0.29, 0.717) is 43.1 Å². The molecule has 0 fully saturated rings. The summed E-state index contributed by atoms with van der Waals surface area (Å²) in [6.07, 6.45) is 2.02. The summed E-state index contributed by atoms with van der Waals surface area (Å²) in [5, 5.41) is 18.1. The summed E-state index contributed by atoms with van der Waals surface area (Å²) >= 11 is 6.24. The average Bonchev–Trinajstić information content (AvgIpc) is 2.90. The van der Waals surface area contributed by atoms with Crippen LogP contribution in [-0.2, 0) is 12.8 Å². The van der Waals surface area contributed by atoms with Gasteiger partial charge in [0.25, 0.3) is 5.91 Å². The van der Waals surface area contributed by atoms with Crippen molar-refractivity contribution in [3.8, 4) is 0 Å². The van der Waals surface area contributed by atoms with Crippen LogP contribution in [0.1, 0.15) is 40.4 Å². The molecular weight excluding hydrogens is 328 g/mol. The van der Waals surface area contributed by atoms with Crippen LogP contribution in [0.25, 0.3) is 0 Å². The minimum Gasteiger partial charge on any atom is -0.393 e. The highest BCUT2D eigenvalue weighted by atomic mass is 35.5. The standard InChI is InChI=1S/C17H19ClN4O2/c18-13-3-1-2-10-11(6-7-20-15(10)13)17(24)22-16(19)12-5-4-9(23)8-14(12)21-22/h1-3,9,11,20,23H,4-8,19H2/t9-,11-/m0/s1. The maximum atomic E-state index is 13.1. The third-order valence-corrected chi connectivity index (χ3v) is 5.24. The van der Waals surface area contributed by atoms with Crippen LogP contribution in [0, 0.1) is 0 Å². The van der Waals surface area contributed by atoms with Crippen molar-refractivity contribution >= 4 is 29.0 Å². The van der Waals surface area contributed by atoms with Crippen molar-refractivity contribution in [1.82, 2.24) is 9.78 Å². The number of anilines is 2. The fourth-order valence-corrected chi connectivity index (χ4v) is 3.92. The minimum atomic E-state index is -0.409. The molecule has 1 aliphatic heterocycles. The molecule has 24 heavy (non-hydrogen) atoms. The zero-order chi connectivity index (χ0) is 16.8. The number of hydrogen-bond acceptors (Lipinski definition) is 5. The highest BCUT2D eigenvalue weighted by Crippen LogP contribution is 2.38. The highest BCUT2D eigenvalue weighted by Gasteiger charge is 2.32. The number of halogens is 1. The number of aliphatic hydroxyl groups is 1. The van der Waals surface area contributed by atoms with E-state index in [9.17, 15) is 9.90 Å². The van der Waals surface area contributed by atoms with E-state index in [1.54, 1.807) is 0 Å². The third-order valence-electron chi connectivity index (χ3n) is 4.93. The van der Waals surface area contributed by atoms with Gasteiger partial charge in [-0.2, -0.15) is 9.78 Å². The number of nitrogens with two attached hydrogens (primary N) is 1. The molecule has 0 unspecified atom stereocenters. The van der Waals surface area contributed by atoms with Crippen molar-refractivity contribution in [2.75, 3.05) is 17.6 Å². The second-order valence-corrected chi connectivity index (χ2v) is 6.84. The second-order valence-electron chi connectivity index (χ2n) is 6.43. The number of aromatic nitrogens is 2. The minimum absolute atomic E-state index is 0.138. The molecule has 2 aromatic rings. The van der Waals surface area contributed by atoms with E-state index in [1.807, 2.05) is 18.2 Å². The van der Waals surface area contributed by atoms with Gasteiger partial charge < -0.3 is 16.2 Å². The molecule has 0 saturated carbocycles. The van der Waals surface area contributed by atoms with Crippen LogP contribution >= 0.6 is 11.6 Å². The Labute approximate surface area is 144 Å². The summed E-state index contributed by atoms with van der Waals surface area (Å²) in [5.74, 6) is -0.0565. The molecule has 2 atom stereocenters. The zero-order valence-corrected chi connectivity index (χ0v) is 13.9. The number of hydrogen-bond donors (Lipinski definition) is 3. The van der Waals surface area contributed by atoms with Gasteiger partial charge in [0.15, 0.2) is 0 Å². The molecule has 0 amide bonds. The molecule has 7 heteroatoms. The number of nitrogens with zero attached hydrogens (tertiary/aromatic N) is 2. The van der Waals surface area contributed by atoms with Gasteiger partial charge in [-0.25, -0.2) is 0 Å². The van der Waals surface area contributed by atoms with Crippen LogP contribution in [0.2, 0.25) is 5.02 Å². The highest BCUT2D eigenvalue weighted by molar-refractivity contribution is 6.33. The van der Waals surface area contributed by atoms with Gasteiger partial charge in [0.1, 0.15) is 5.82 Å². The van der Waals surface area contributed by atoms with Crippen LogP contribution in [0.5, 0.6) is 0 Å². The molecule has 0 saturated heterocycles. The van der Waals surface area contributed by atoms with Gasteiger partial charge in [-0.05, 0) is 30.9 Å². The fraction of sp³-hybridized carbons (Fsp3) is 0.412. The Morgan fingerprint density at radius 2 is 2.25 bits per heavy atom. The van der Waals surface area contributed by atoms with Crippen molar-refractivity contribution in [3.05, 3.63) is 40.0 Å². The van der Waals surface area contributed by atoms with Crippen molar-refractivity contribution in [3.63, 3.8) is 0 Å². The zero-order valence-electron chi connectivity index (χ0n) is 13.1. The molecule has 1 aromatic carbocycles. The maximum Gasteiger partial charge on any atom is 0.256 e. The SMILES string of the molecule is Nc1c2c(nn1C(=O)[C@H]1CCNc3c(Cl)cccc31)C[C@@H](O)CC2. The van der Waals surface area contributed by atoms with Gasteiger partial charge in [-0.1, -0.05) is 23.7 Å². The molecule has 0 bridgehead atoms. The summed E-state index contributed by atoms with van der Waals surface area (Å²) < 4.78 is 1.32. The van der Waals surface area contributed by atoms with Gasteiger partial charge in [0.05, 0.1) is 28.4 Å². The number of rotatable bonds is 1. The Morgan fingerprint density at radius 3 is 3.08 bits per heavy atom. The first kappa shape index (κ1) is 15.5. The lowest BCUT2D eigenvalue weighted by Gasteiger charge is -2.26. The van der Waals surface area contributed by atoms with Gasteiger partial charge in [0.2, 0.25) is 0 Å². The molecule has 2 heterocycles. The van der Waals surface area contributed by atoms with Crippen molar-refractivity contribution < 1.29 is 9.90 Å². The lowest BCUT2D eigenvalue weighted by Crippen LogP contribution is -2.28. The van der Waals surface area contributed by atoms with Crippen LogP contribution in [-0.4, -0.2) is 33.4 Å². The van der Waals surface area contributed by atoms with E-state index in [-0.39, 0.29) is 11.8 Å². The number of para-hydroxylation sites is 1. The fourth-order valence-electron chi connectivity index (χ4n) is 3.67. The summed E-state index contributed by atoms with van der Waals surface area (Å²) in [5.41, 5.74) is 9.51. The summed E-state index contributed by atoms with van der Waals surface area (Å²) in [4.78, 5) is 13.1. The molecule has 4 N–H and O–H groups in total. The van der Waals surface area contributed by atoms with E-state index in [2.05, 4.69) is 10.4 Å². The van der Waals surface area contributed by atoms with E-state index in [0.717, 1.165) is 22.5 Å². The molecule has 1 aromatic heterocycles. The van der Waals surface area contributed by atoms with Crippen molar-refractivity contribution in [2.24, 2.45) is 0 Å². The maximum absolute atomic E-state index is 13.1. The first-order valence-corrected chi connectivity index (χ1v) is 8.55. The number of nitrogens with one attached hydrogen (secondary N) is 1. The molecule has 0 spiro atoms. The molecule has 4 rings (SSSR count). The monoisotopic (exact) mass is 346 g/mol. The van der Waals surface area contributed by atoms with E-state index in [4.69, 9.17) is 17.3 Å². The first-order valence-electron chi connectivity index (χ1n) is 8.17. The first-order chi connectivity index (χ1) is 11.6. The number of carbonyl (C=O) groups excluding carboxylic acids is 1. The number of benzene rings is 1. The predicted octanol–water partition coefficient (Wildman–Crippen LogP) is 2.21. The third kappa shape index (κ3) is 2.37. The average molecular weight is 347 g/mol. The summed E-state index contributed by atoms with van der Waals surface area (Å²) in [6, 6.07) is 5.57. The second kappa shape index (κ2) is 5.79. The Hall–Kier alpha value is -2.05. The van der Waals surface area contributed by atoms with Crippen LogP contribution < -0.4 is 11.1 Å². The topological polar surface area (TPSA) is 93.2 Å². The summed E-state index contributed by atoms with van der Waals surface area (Å²) in [6.45, 7) is 0.673. The van der Waals surface area contributed by atoms with E-state index >= 15 is 0 Å². The van der Waals surface area contributed by atoms with Crippen molar-refractivity contribution in [2.45, 2.75) is 37.7 Å². The molecule has 1 aliphatic carbocycles. The Kier molecular flexibility index (Phi) is 3.73. The van der Waals surface area contributed by atoms with Gasteiger partial charge in [-0.15, -0.1) is 0 Å². The van der Waals surface area contributed by atoms with E-state index in [1.165, 1.54) is 4.68 Å². The molecular formula is C17H19ClN4O2. The van der Waals surface area contributed by atoms with Crippen LogP contribution in [0.15, 0.2) is 18.2 Å². The summed E-state index contributed by atoms with van der Waals surface area (Å²) in [7, 11) is 0. The van der Waals surface area contributed by atoms with E-state index < -0.39 is 6.10 Å². The number of carbonyl (C=O) groups is 1. The molecule has 2 aliphatic rings. The Morgan fingerprint density at radius 1 is 1.42 bits per heavy atom. The molecule has 6 nitrogen and oxygen atoms in total. The Balaban J connectivity index is 1.73. The van der Waals surface area contributed by atoms with Crippen LogP contribution in [0.3, 0.4) is 0 Å². The molecule has 0 radical (unpaired) electrons. The number of aliphatic hydroxyl groups excluding tert-OH is 1. The van der Waals surface area contributed by atoms with Gasteiger partial charge in [0, 0.05) is 18.5 Å². The van der Waals surface area contributed by atoms with Gasteiger partial charge >= 0.3 is 0 Å². The number of fused-ring (bicyclic) bond motifs is 2. The number of nitrogen functional groups attached to an aromatic ring is 1. The predicted molar refractivity (Wildman–Crippen MR) is 92.6 cm³/mol. The van der Waals surface area contributed by atoms with Crippen LogP contribution in [0.4, 0.5) is 11.5 Å². The lowest BCUT2D eigenvalue weighted by atomic mass is 9.90. The normalized spacial score (nSPS) is 22.4. The van der Waals surface area contributed by atoms with Gasteiger partial charge in [-0.3, -0.25) is 4.79 Å². The lowest BCUT2D eigenvalue weighted by molar-refractivity contribution is 0.0858. The Bertz CT molecular complexity index is 817.